The van der Waals surface area contributed by atoms with Crippen LogP contribution in [0.4, 0.5) is 24.8 Å². The number of amides is 1. The fraction of sp³-hybridized carbons (Fsp3) is 0.676. The standard InChI is InChI=1S/C37H42F3N5O5/c38-37(39,40)30-26(31(46)43-36(32(47)48)22-14-20-13-21-15-29(36)35(20,21)17-22)18-41-33(42-30)45-19-34(7-11-49-12-8-34)27-16-25(3-4-28(27)45)50-24-5-9-44(10-6-24)23-1-2-23/h3-4,16,18,20-24,29H,1-2,5-15,17,19H2,(H,43,46)(H,47,48). The summed E-state index contributed by atoms with van der Waals surface area (Å²) in [5.41, 5.74) is -2.43. The Bertz CT molecular complexity index is 1770. The molecule has 10 rings (SSSR count). The predicted octanol–water partition coefficient (Wildman–Crippen LogP) is 5.32. The van der Waals surface area contributed by atoms with Gasteiger partial charge in [-0.25, -0.2) is 14.8 Å². The number of carbonyl (C=O) groups is 2. The number of fused-ring (bicyclic) bond motifs is 3. The van der Waals surface area contributed by atoms with Gasteiger partial charge >= 0.3 is 12.1 Å². The number of piperidine rings is 1. The number of likely N-dealkylation sites (tertiary alicyclic amines) is 1. The van der Waals surface area contributed by atoms with Gasteiger partial charge in [0, 0.05) is 56.2 Å². The van der Waals surface area contributed by atoms with Crippen molar-refractivity contribution in [3.05, 3.63) is 41.2 Å². The summed E-state index contributed by atoms with van der Waals surface area (Å²) in [5.74, 6) is -1.25. The molecule has 2 bridgehead atoms. The van der Waals surface area contributed by atoms with Gasteiger partial charge in [0.15, 0.2) is 5.69 Å². The average Bonchev–Trinajstić information content (AvgIpc) is 3.75. The van der Waals surface area contributed by atoms with Gasteiger partial charge in [0.2, 0.25) is 5.95 Å². The molecule has 6 atom stereocenters. The van der Waals surface area contributed by atoms with Crippen molar-refractivity contribution >= 4 is 23.5 Å². The van der Waals surface area contributed by atoms with Crippen LogP contribution in [0.15, 0.2) is 24.4 Å². The third-order valence-corrected chi connectivity index (χ3v) is 14.4. The Hall–Kier alpha value is -3.45. The second-order valence-corrected chi connectivity index (χ2v) is 16.5. The molecule has 5 saturated carbocycles. The van der Waals surface area contributed by atoms with Crippen molar-refractivity contribution in [1.82, 2.24) is 20.2 Å². The van der Waals surface area contributed by atoms with Gasteiger partial charge in [-0.1, -0.05) is 0 Å². The minimum Gasteiger partial charge on any atom is -0.490 e. The summed E-state index contributed by atoms with van der Waals surface area (Å²) < 4.78 is 56.4. The van der Waals surface area contributed by atoms with E-state index < -0.39 is 34.8 Å². The summed E-state index contributed by atoms with van der Waals surface area (Å²) in [4.78, 5) is 39.3. The summed E-state index contributed by atoms with van der Waals surface area (Å²) in [7, 11) is 0. The zero-order chi connectivity index (χ0) is 34.2. The van der Waals surface area contributed by atoms with Gasteiger partial charge in [-0.05, 0) is 117 Å². The second-order valence-electron chi connectivity index (χ2n) is 16.5. The van der Waals surface area contributed by atoms with Crippen molar-refractivity contribution in [2.45, 2.75) is 93.5 Å². The lowest BCUT2D eigenvalue weighted by molar-refractivity contribution is -0.209. The molecule has 266 valence electrons. The van der Waals surface area contributed by atoms with E-state index in [2.05, 4.69) is 20.2 Å². The molecule has 8 aliphatic rings. The van der Waals surface area contributed by atoms with Crippen molar-refractivity contribution in [2.75, 3.05) is 37.7 Å². The third kappa shape index (κ3) is 4.28. The van der Waals surface area contributed by atoms with E-state index in [4.69, 9.17) is 9.47 Å². The van der Waals surface area contributed by atoms with E-state index in [1.54, 1.807) is 4.90 Å². The number of halogens is 3. The van der Waals surface area contributed by atoms with Crippen LogP contribution in [0.2, 0.25) is 0 Å². The highest BCUT2D eigenvalue weighted by Gasteiger charge is 2.83. The Balaban J connectivity index is 0.947. The Kier molecular flexibility index (Phi) is 6.61. The lowest BCUT2D eigenvalue weighted by atomic mass is 9.36. The second kappa shape index (κ2) is 10.6. The SMILES string of the molecule is O=C(NC1(C(=O)O)C2CC3CC4CC1C34C2)c1cnc(N2CC3(CCOCC3)c3cc(OC4CCN(C5CC5)CC4)ccc32)nc1C(F)(F)F. The molecule has 10 nitrogen and oxygen atoms in total. The first-order valence-electron chi connectivity index (χ1n) is 18.4. The summed E-state index contributed by atoms with van der Waals surface area (Å²) in [6.07, 6.45) is 5.13. The average molecular weight is 694 g/mol. The van der Waals surface area contributed by atoms with Gasteiger partial charge in [-0.2, -0.15) is 13.2 Å². The number of carboxylic acids is 1. The molecule has 5 aliphatic carbocycles. The van der Waals surface area contributed by atoms with E-state index in [0.717, 1.165) is 62.3 Å². The van der Waals surface area contributed by atoms with E-state index in [1.807, 2.05) is 18.2 Å². The van der Waals surface area contributed by atoms with Crippen LogP contribution < -0.4 is 15.0 Å². The maximum Gasteiger partial charge on any atom is 0.434 e. The summed E-state index contributed by atoms with van der Waals surface area (Å²) >= 11 is 0. The monoisotopic (exact) mass is 693 g/mol. The van der Waals surface area contributed by atoms with Crippen LogP contribution in [-0.2, 0) is 21.1 Å². The number of ether oxygens (including phenoxy) is 2. The molecule has 7 fully saturated rings. The van der Waals surface area contributed by atoms with Crippen LogP contribution in [0.3, 0.4) is 0 Å². The van der Waals surface area contributed by atoms with Crippen LogP contribution in [0.1, 0.15) is 85.8 Å². The lowest BCUT2D eigenvalue weighted by Gasteiger charge is -2.69. The molecule has 4 heterocycles. The molecule has 13 heteroatoms. The first kappa shape index (κ1) is 31.3. The number of alkyl halides is 3. The molecule has 0 radical (unpaired) electrons. The third-order valence-electron chi connectivity index (χ3n) is 14.4. The summed E-state index contributed by atoms with van der Waals surface area (Å²) in [5, 5.41) is 13.1. The first-order valence-corrected chi connectivity index (χ1v) is 18.4. The van der Waals surface area contributed by atoms with Crippen LogP contribution in [-0.4, -0.2) is 82.4 Å². The van der Waals surface area contributed by atoms with Crippen molar-refractivity contribution in [2.24, 2.45) is 29.1 Å². The maximum atomic E-state index is 14.7. The number of carboxylic acid groups (broad SMARTS) is 1. The highest BCUT2D eigenvalue weighted by atomic mass is 19.4. The smallest absolute Gasteiger partial charge is 0.434 e. The number of aliphatic carboxylic acids is 1. The highest BCUT2D eigenvalue weighted by molar-refractivity contribution is 5.99. The number of nitrogens with one attached hydrogen (secondary N) is 1. The Morgan fingerprint density at radius 3 is 2.44 bits per heavy atom. The van der Waals surface area contributed by atoms with E-state index in [-0.39, 0.29) is 34.7 Å². The van der Waals surface area contributed by atoms with Gasteiger partial charge in [0.05, 0.1) is 5.56 Å². The van der Waals surface area contributed by atoms with Crippen molar-refractivity contribution in [1.29, 1.82) is 0 Å². The minimum absolute atomic E-state index is 0.0780. The molecule has 1 aromatic carbocycles. The molecule has 50 heavy (non-hydrogen) atoms. The van der Waals surface area contributed by atoms with Crippen LogP contribution in [0.5, 0.6) is 5.75 Å². The number of carbonyl (C=O) groups excluding carboxylic acids is 1. The van der Waals surface area contributed by atoms with Crippen LogP contribution in [0, 0.1) is 29.1 Å². The van der Waals surface area contributed by atoms with Gasteiger partial charge < -0.3 is 29.7 Å². The largest absolute Gasteiger partial charge is 0.490 e. The first-order chi connectivity index (χ1) is 24.0. The van der Waals surface area contributed by atoms with Gasteiger partial charge in [0.1, 0.15) is 17.4 Å². The van der Waals surface area contributed by atoms with Gasteiger partial charge in [-0.15, -0.1) is 0 Å². The Morgan fingerprint density at radius 2 is 1.76 bits per heavy atom. The predicted molar refractivity (Wildman–Crippen MR) is 173 cm³/mol. The van der Waals surface area contributed by atoms with E-state index in [9.17, 15) is 27.9 Å². The number of benzene rings is 1. The quantitative estimate of drug-likeness (QED) is 0.398. The molecule has 1 aromatic heterocycles. The summed E-state index contributed by atoms with van der Waals surface area (Å²) in [6.45, 7) is 3.49. The molecular formula is C37H42F3N5O5. The molecule has 2 spiro atoms. The molecule has 6 unspecified atom stereocenters. The van der Waals surface area contributed by atoms with Gasteiger partial charge in [-0.3, -0.25) is 4.79 Å². The Morgan fingerprint density at radius 1 is 1.02 bits per heavy atom. The molecule has 3 aliphatic heterocycles. The Labute approximate surface area is 288 Å². The zero-order valence-corrected chi connectivity index (χ0v) is 27.9. The van der Waals surface area contributed by atoms with Crippen molar-refractivity contribution in [3.63, 3.8) is 0 Å². The number of aromatic nitrogens is 2. The topological polar surface area (TPSA) is 117 Å². The normalized spacial score (nSPS) is 35.3. The lowest BCUT2D eigenvalue weighted by Crippen LogP contribution is -2.73. The minimum atomic E-state index is -4.97. The van der Waals surface area contributed by atoms with Crippen molar-refractivity contribution in [3.8, 4) is 5.75 Å². The highest BCUT2D eigenvalue weighted by Crippen LogP contribution is 2.83. The number of nitrogens with zero attached hydrogens (tertiary/aromatic N) is 4. The van der Waals surface area contributed by atoms with Crippen LogP contribution in [0.25, 0.3) is 0 Å². The zero-order valence-electron chi connectivity index (χ0n) is 27.9. The van der Waals surface area contributed by atoms with Crippen LogP contribution >= 0.6 is 0 Å². The van der Waals surface area contributed by atoms with E-state index in [1.165, 1.54) is 12.8 Å². The molecule has 1 amide bonds. The van der Waals surface area contributed by atoms with Crippen molar-refractivity contribution < 1.29 is 37.3 Å². The van der Waals surface area contributed by atoms with E-state index >= 15 is 0 Å². The molecule has 2 aromatic rings. The number of hydrogen-bond acceptors (Lipinski definition) is 8. The van der Waals surface area contributed by atoms with Gasteiger partial charge in [0.25, 0.3) is 5.91 Å². The fourth-order valence-electron chi connectivity index (χ4n) is 11.9. The number of hydrogen-bond donors (Lipinski definition) is 2. The molecule has 2 saturated heterocycles. The molecule has 2 N–H and O–H groups in total. The number of rotatable bonds is 7. The maximum absolute atomic E-state index is 14.7. The van der Waals surface area contributed by atoms with E-state index in [0.29, 0.717) is 63.0 Å². The summed E-state index contributed by atoms with van der Waals surface area (Å²) in [6, 6.07) is 6.54. The molecular weight excluding hydrogens is 651 g/mol. The number of anilines is 2. The fourth-order valence-corrected chi connectivity index (χ4v) is 11.9.